The number of halogens is 5. The van der Waals surface area contributed by atoms with Crippen LogP contribution in [0.15, 0.2) is 42.5 Å². The minimum Gasteiger partial charge on any atom is -0.494 e. The maximum atomic E-state index is 14.0. The third kappa shape index (κ3) is 6.98. The van der Waals surface area contributed by atoms with E-state index in [1.165, 1.54) is 31.4 Å². The number of nitrogens with zero attached hydrogens (tertiary/aromatic N) is 2. The van der Waals surface area contributed by atoms with Crippen LogP contribution in [-0.4, -0.2) is 53.6 Å². The lowest BCUT2D eigenvalue weighted by Crippen LogP contribution is -2.43. The third-order valence-corrected chi connectivity index (χ3v) is 8.34. The SMILES string of the molecule is COc1cc(C(=O)NC[C@](O)(c2cc(CC(N)=O)c(OCC(F)F)c(-c3ccc(F)c(Cl)c3)n2)C2CC2)cc2cc(Cl)c(C)nc12. The van der Waals surface area contributed by atoms with Crippen LogP contribution in [0.1, 0.15) is 40.2 Å². The monoisotopic (exact) mass is 676 g/mol. The van der Waals surface area contributed by atoms with E-state index in [-0.39, 0.29) is 51.3 Å². The number of primary amides is 1. The molecule has 2 heterocycles. The van der Waals surface area contributed by atoms with Crippen LogP contribution in [0.4, 0.5) is 13.2 Å². The molecule has 1 fully saturated rings. The Labute approximate surface area is 271 Å². The first-order valence-electron chi connectivity index (χ1n) is 14.1. The summed E-state index contributed by atoms with van der Waals surface area (Å²) in [6.45, 7) is 0.401. The van der Waals surface area contributed by atoms with Gasteiger partial charge in [-0.2, -0.15) is 0 Å². The topological polar surface area (TPSA) is 137 Å². The van der Waals surface area contributed by atoms with E-state index in [0.717, 1.165) is 6.07 Å². The largest absolute Gasteiger partial charge is 0.494 e. The molecule has 4 N–H and O–H groups in total. The quantitative estimate of drug-likeness (QED) is 0.174. The third-order valence-electron chi connectivity index (χ3n) is 7.67. The van der Waals surface area contributed by atoms with Crippen molar-refractivity contribution in [3.63, 3.8) is 0 Å². The maximum Gasteiger partial charge on any atom is 0.272 e. The van der Waals surface area contributed by atoms with Gasteiger partial charge in [-0.05, 0) is 68.1 Å². The van der Waals surface area contributed by atoms with Crippen LogP contribution in [0, 0.1) is 18.7 Å². The highest BCUT2D eigenvalue weighted by atomic mass is 35.5. The molecule has 1 saturated carbocycles. The van der Waals surface area contributed by atoms with Gasteiger partial charge >= 0.3 is 0 Å². The molecule has 1 aliphatic rings. The minimum atomic E-state index is -2.87. The second-order valence-corrected chi connectivity index (χ2v) is 11.8. The standard InChI is InChI=1S/C32H29Cl2F3N4O5/c1-15-21(33)9-17-7-19(10-24(45-2)28(17)40-15)31(43)39-14-32(44,20-4-5-20)25-11-18(12-27(38)42)30(46-13-26(36)37)29(41-25)16-3-6-23(35)22(34)8-16/h3,6-11,20,26,44H,4-5,12-14H2,1-2H3,(H2,38,42)(H,39,43)/t32-/m1/s1. The van der Waals surface area contributed by atoms with Gasteiger partial charge in [0.25, 0.3) is 12.3 Å². The molecule has 0 aliphatic heterocycles. The normalized spacial score (nSPS) is 14.3. The van der Waals surface area contributed by atoms with Gasteiger partial charge in [-0.25, -0.2) is 23.1 Å². The Morgan fingerprint density at radius 2 is 1.87 bits per heavy atom. The van der Waals surface area contributed by atoms with Gasteiger partial charge in [0, 0.05) is 22.1 Å². The molecule has 4 aromatic rings. The number of rotatable bonds is 12. The first kappa shape index (κ1) is 33.2. The maximum absolute atomic E-state index is 14.0. The van der Waals surface area contributed by atoms with Crippen molar-refractivity contribution in [3.8, 4) is 22.8 Å². The van der Waals surface area contributed by atoms with Gasteiger partial charge in [0.05, 0.1) is 41.5 Å². The van der Waals surface area contributed by atoms with Crippen molar-refractivity contribution >= 4 is 45.9 Å². The van der Waals surface area contributed by atoms with Crippen molar-refractivity contribution in [1.29, 1.82) is 0 Å². The Bertz CT molecular complexity index is 1840. The lowest BCUT2D eigenvalue weighted by molar-refractivity contribution is -0.117. The second kappa shape index (κ2) is 13.3. The number of aliphatic hydroxyl groups is 1. The molecule has 14 heteroatoms. The molecule has 2 amide bonds. The minimum absolute atomic E-state index is 0.0222. The highest BCUT2D eigenvalue weighted by Gasteiger charge is 2.47. The first-order chi connectivity index (χ1) is 21.8. The number of aryl methyl sites for hydroxylation is 1. The predicted molar refractivity (Wildman–Crippen MR) is 166 cm³/mol. The van der Waals surface area contributed by atoms with E-state index in [4.69, 9.17) is 38.4 Å². The zero-order valence-corrected chi connectivity index (χ0v) is 26.2. The van der Waals surface area contributed by atoms with Crippen LogP contribution < -0.4 is 20.5 Å². The summed E-state index contributed by atoms with van der Waals surface area (Å²) >= 11 is 12.3. The summed E-state index contributed by atoms with van der Waals surface area (Å²) in [4.78, 5) is 34.5. The van der Waals surface area contributed by atoms with E-state index in [0.29, 0.717) is 40.2 Å². The van der Waals surface area contributed by atoms with Crippen LogP contribution in [0.2, 0.25) is 10.0 Å². The zero-order chi connectivity index (χ0) is 33.3. The van der Waals surface area contributed by atoms with Crippen LogP contribution >= 0.6 is 23.2 Å². The number of carbonyl (C=O) groups excluding carboxylic acids is 2. The van der Waals surface area contributed by atoms with Gasteiger partial charge in [0.2, 0.25) is 5.91 Å². The number of hydrogen-bond acceptors (Lipinski definition) is 7. The molecule has 1 atom stereocenters. The molecule has 5 rings (SSSR count). The van der Waals surface area contributed by atoms with E-state index in [2.05, 4.69) is 15.3 Å². The number of alkyl halides is 2. The number of amides is 2. The first-order valence-corrected chi connectivity index (χ1v) is 14.9. The summed E-state index contributed by atoms with van der Waals surface area (Å²) in [5.74, 6) is -2.28. The summed E-state index contributed by atoms with van der Waals surface area (Å²) in [5.41, 5.74) is 5.23. The van der Waals surface area contributed by atoms with E-state index < -0.39 is 42.7 Å². The van der Waals surface area contributed by atoms with Gasteiger partial charge in [-0.15, -0.1) is 0 Å². The van der Waals surface area contributed by atoms with Crippen molar-refractivity contribution in [2.45, 2.75) is 38.2 Å². The van der Waals surface area contributed by atoms with Gasteiger partial charge in [-0.3, -0.25) is 9.59 Å². The fraction of sp³-hybridized carbons (Fsp3) is 0.312. The van der Waals surface area contributed by atoms with Gasteiger partial charge < -0.3 is 25.6 Å². The number of nitrogens with one attached hydrogen (secondary N) is 1. The van der Waals surface area contributed by atoms with E-state index in [1.807, 2.05) is 0 Å². The van der Waals surface area contributed by atoms with E-state index in [9.17, 15) is 27.9 Å². The average molecular weight is 678 g/mol. The molecule has 0 radical (unpaired) electrons. The van der Waals surface area contributed by atoms with Gasteiger partial charge in [0.15, 0.2) is 0 Å². The zero-order valence-electron chi connectivity index (χ0n) is 24.7. The van der Waals surface area contributed by atoms with E-state index in [1.54, 1.807) is 19.1 Å². The van der Waals surface area contributed by atoms with Crippen molar-refractivity contribution in [2.24, 2.45) is 11.7 Å². The van der Waals surface area contributed by atoms with Crippen LogP contribution in [0.25, 0.3) is 22.2 Å². The number of hydrogen-bond donors (Lipinski definition) is 3. The van der Waals surface area contributed by atoms with Crippen molar-refractivity contribution in [2.75, 3.05) is 20.3 Å². The number of benzene rings is 2. The Kier molecular flexibility index (Phi) is 9.62. The van der Waals surface area contributed by atoms with Crippen molar-refractivity contribution < 1.29 is 37.3 Å². The summed E-state index contributed by atoms with van der Waals surface area (Å²) in [7, 11) is 1.45. The molecule has 2 aromatic heterocycles. The number of pyridine rings is 2. The number of methoxy groups -OCH3 is 1. The Morgan fingerprint density at radius 1 is 1.13 bits per heavy atom. The molecule has 9 nitrogen and oxygen atoms in total. The molecule has 0 bridgehead atoms. The summed E-state index contributed by atoms with van der Waals surface area (Å²) in [5, 5.41) is 15.6. The Balaban J connectivity index is 1.56. The molecule has 1 aliphatic carbocycles. The fourth-order valence-corrected chi connectivity index (χ4v) is 5.54. The lowest BCUT2D eigenvalue weighted by Gasteiger charge is -2.30. The van der Waals surface area contributed by atoms with Crippen LogP contribution in [0.3, 0.4) is 0 Å². The smallest absolute Gasteiger partial charge is 0.272 e. The average Bonchev–Trinajstić information content (AvgIpc) is 3.86. The molecule has 2 aromatic carbocycles. The number of fused-ring (bicyclic) bond motifs is 1. The Hall–Kier alpha value is -4.13. The Morgan fingerprint density at radius 3 is 2.50 bits per heavy atom. The number of nitrogens with two attached hydrogens (primary N) is 1. The van der Waals surface area contributed by atoms with Crippen molar-refractivity contribution in [1.82, 2.24) is 15.3 Å². The molecule has 0 saturated heterocycles. The van der Waals surface area contributed by atoms with Gasteiger partial charge in [-0.1, -0.05) is 23.2 Å². The summed E-state index contributed by atoms with van der Waals surface area (Å²) in [6, 6.07) is 9.72. The predicted octanol–water partition coefficient (Wildman–Crippen LogP) is 5.76. The number of aromatic nitrogens is 2. The molecule has 0 spiro atoms. The highest BCUT2D eigenvalue weighted by molar-refractivity contribution is 6.32. The van der Waals surface area contributed by atoms with Crippen molar-refractivity contribution in [3.05, 3.63) is 80.8 Å². The summed E-state index contributed by atoms with van der Waals surface area (Å²) < 4.78 is 51.4. The summed E-state index contributed by atoms with van der Waals surface area (Å²) in [6.07, 6.45) is -2.13. The molecule has 0 unspecified atom stereocenters. The highest BCUT2D eigenvalue weighted by Crippen LogP contribution is 2.47. The number of ether oxygens (including phenoxy) is 2. The molecular formula is C32H29Cl2F3N4O5. The van der Waals surface area contributed by atoms with Gasteiger partial charge in [0.1, 0.15) is 40.7 Å². The number of carbonyl (C=O) groups is 2. The lowest BCUT2D eigenvalue weighted by atomic mass is 9.90. The van der Waals surface area contributed by atoms with Crippen LogP contribution in [0.5, 0.6) is 11.5 Å². The van der Waals surface area contributed by atoms with Crippen LogP contribution in [-0.2, 0) is 16.8 Å². The van der Waals surface area contributed by atoms with E-state index >= 15 is 0 Å². The fourth-order valence-electron chi connectivity index (χ4n) is 5.20. The molecule has 242 valence electrons. The molecule has 46 heavy (non-hydrogen) atoms. The second-order valence-electron chi connectivity index (χ2n) is 11.0. The molecular weight excluding hydrogens is 648 g/mol.